The summed E-state index contributed by atoms with van der Waals surface area (Å²) in [6, 6.07) is 12.9. The van der Waals surface area contributed by atoms with Crippen molar-refractivity contribution in [1.29, 1.82) is 0 Å². The van der Waals surface area contributed by atoms with Crippen LogP contribution in [0.5, 0.6) is 0 Å². The third-order valence-corrected chi connectivity index (χ3v) is 4.03. The van der Waals surface area contributed by atoms with Crippen LogP contribution in [0.15, 0.2) is 42.6 Å². The van der Waals surface area contributed by atoms with Crippen LogP contribution in [-0.2, 0) is 24.4 Å². The van der Waals surface area contributed by atoms with Gasteiger partial charge in [0.05, 0.1) is 13.3 Å². The maximum absolute atomic E-state index is 5.64. The second-order valence-electron chi connectivity index (χ2n) is 6.19. The number of ether oxygens (including phenoxy) is 1. The monoisotopic (exact) mass is 311 g/mol. The van der Waals surface area contributed by atoms with Crippen LogP contribution in [0.4, 0.5) is 5.82 Å². The normalized spacial score (nSPS) is 14.8. The van der Waals surface area contributed by atoms with Crippen molar-refractivity contribution in [2.24, 2.45) is 0 Å². The summed E-state index contributed by atoms with van der Waals surface area (Å²) in [5.41, 5.74) is 3.79. The van der Waals surface area contributed by atoms with Crippen LogP contribution >= 0.6 is 0 Å². The van der Waals surface area contributed by atoms with Gasteiger partial charge in [-0.3, -0.25) is 4.90 Å². The number of aromatic nitrogens is 1. The largest absolute Gasteiger partial charge is 0.377 e. The zero-order valence-corrected chi connectivity index (χ0v) is 14.0. The maximum atomic E-state index is 5.64. The molecule has 0 fully saturated rings. The molecule has 0 N–H and O–H groups in total. The Morgan fingerprint density at radius 2 is 2.00 bits per heavy atom. The van der Waals surface area contributed by atoms with Gasteiger partial charge in [-0.2, -0.15) is 0 Å². The first-order valence-electron chi connectivity index (χ1n) is 8.29. The Labute approximate surface area is 138 Å². The highest BCUT2D eigenvalue weighted by atomic mass is 16.5. The Bertz CT molecular complexity index is 630. The molecular formula is C19H25N3O. The Morgan fingerprint density at radius 3 is 2.78 bits per heavy atom. The number of nitrogens with zero attached hydrogens (tertiary/aromatic N) is 3. The van der Waals surface area contributed by atoms with Crippen LogP contribution in [0, 0.1) is 0 Å². The first-order chi connectivity index (χ1) is 11.3. The maximum Gasteiger partial charge on any atom is 0.133 e. The minimum absolute atomic E-state index is 0.649. The molecular weight excluding hydrogens is 286 g/mol. The molecule has 0 saturated carbocycles. The van der Waals surface area contributed by atoms with Gasteiger partial charge in [-0.25, -0.2) is 4.98 Å². The van der Waals surface area contributed by atoms with Gasteiger partial charge in [0, 0.05) is 38.5 Å². The molecule has 0 atom stereocenters. The number of fused-ring (bicyclic) bond motifs is 1. The molecule has 2 aromatic rings. The standard InChI is InChI=1S/C19H25N3O/c1-3-9-23-14-17-10-18-13-22(12-16-7-5-4-6-8-16)15-21(2)19(18)20-11-17/h4-8,10-11H,3,9,12-15H2,1-2H3. The lowest BCUT2D eigenvalue weighted by atomic mass is 10.1. The van der Waals surface area contributed by atoms with E-state index < -0.39 is 0 Å². The molecule has 4 nitrogen and oxygen atoms in total. The molecule has 1 aromatic heterocycles. The van der Waals surface area contributed by atoms with Crippen LogP contribution in [0.25, 0.3) is 0 Å². The fraction of sp³-hybridized carbons (Fsp3) is 0.421. The Kier molecular flexibility index (Phi) is 5.26. The van der Waals surface area contributed by atoms with Crippen LogP contribution < -0.4 is 4.90 Å². The van der Waals surface area contributed by atoms with E-state index in [0.717, 1.165) is 44.2 Å². The first kappa shape index (κ1) is 16.0. The van der Waals surface area contributed by atoms with Crippen molar-refractivity contribution in [2.75, 3.05) is 25.2 Å². The predicted molar refractivity (Wildman–Crippen MR) is 93.1 cm³/mol. The predicted octanol–water partition coefficient (Wildman–Crippen LogP) is 3.42. The third-order valence-electron chi connectivity index (χ3n) is 4.03. The second kappa shape index (κ2) is 7.57. The van der Waals surface area contributed by atoms with E-state index >= 15 is 0 Å². The molecule has 0 unspecified atom stereocenters. The zero-order chi connectivity index (χ0) is 16.1. The Balaban J connectivity index is 1.70. The molecule has 0 amide bonds. The number of hydrogen-bond donors (Lipinski definition) is 0. The van der Waals surface area contributed by atoms with E-state index in [0.29, 0.717) is 6.61 Å². The number of benzene rings is 1. The zero-order valence-electron chi connectivity index (χ0n) is 14.0. The van der Waals surface area contributed by atoms with Gasteiger partial charge >= 0.3 is 0 Å². The molecule has 122 valence electrons. The molecule has 0 aliphatic carbocycles. The summed E-state index contributed by atoms with van der Waals surface area (Å²) in [5.74, 6) is 1.09. The van der Waals surface area contributed by atoms with Crippen molar-refractivity contribution in [3.63, 3.8) is 0 Å². The van der Waals surface area contributed by atoms with Gasteiger partial charge < -0.3 is 9.64 Å². The molecule has 4 heteroatoms. The van der Waals surface area contributed by atoms with Gasteiger partial charge in [-0.15, -0.1) is 0 Å². The molecule has 1 aliphatic heterocycles. The number of pyridine rings is 1. The van der Waals surface area contributed by atoms with Gasteiger partial charge in [0.1, 0.15) is 5.82 Å². The van der Waals surface area contributed by atoms with Gasteiger partial charge in [0.2, 0.25) is 0 Å². The van der Waals surface area contributed by atoms with E-state index in [2.05, 4.69) is 65.2 Å². The highest BCUT2D eigenvalue weighted by Gasteiger charge is 2.21. The topological polar surface area (TPSA) is 28.6 Å². The summed E-state index contributed by atoms with van der Waals surface area (Å²) < 4.78 is 5.64. The van der Waals surface area contributed by atoms with E-state index in [-0.39, 0.29) is 0 Å². The van der Waals surface area contributed by atoms with E-state index in [9.17, 15) is 0 Å². The fourth-order valence-electron chi connectivity index (χ4n) is 3.03. The lowest BCUT2D eigenvalue weighted by Gasteiger charge is -2.35. The molecule has 0 spiro atoms. The number of rotatable bonds is 6. The van der Waals surface area contributed by atoms with E-state index in [1.165, 1.54) is 11.1 Å². The van der Waals surface area contributed by atoms with Gasteiger partial charge in [-0.1, -0.05) is 37.3 Å². The van der Waals surface area contributed by atoms with Crippen LogP contribution in [0.3, 0.4) is 0 Å². The third kappa shape index (κ3) is 4.09. The van der Waals surface area contributed by atoms with E-state index in [1.54, 1.807) is 0 Å². The lowest BCUT2D eigenvalue weighted by Crippen LogP contribution is -2.40. The number of anilines is 1. The molecule has 23 heavy (non-hydrogen) atoms. The van der Waals surface area contributed by atoms with Crippen molar-refractivity contribution in [3.8, 4) is 0 Å². The van der Waals surface area contributed by atoms with Crippen molar-refractivity contribution >= 4 is 5.82 Å². The van der Waals surface area contributed by atoms with Crippen molar-refractivity contribution in [1.82, 2.24) is 9.88 Å². The molecule has 0 bridgehead atoms. The highest BCUT2D eigenvalue weighted by molar-refractivity contribution is 5.49. The fourth-order valence-corrected chi connectivity index (χ4v) is 3.03. The molecule has 0 radical (unpaired) electrons. The summed E-state index contributed by atoms with van der Waals surface area (Å²) >= 11 is 0. The van der Waals surface area contributed by atoms with Gasteiger partial charge in [0.15, 0.2) is 0 Å². The van der Waals surface area contributed by atoms with Gasteiger partial charge in [0.25, 0.3) is 0 Å². The summed E-state index contributed by atoms with van der Waals surface area (Å²) in [4.78, 5) is 9.30. The SMILES string of the molecule is CCCOCc1cnc2c(c1)CN(Cc1ccccc1)CN2C. The molecule has 2 heterocycles. The number of hydrogen-bond acceptors (Lipinski definition) is 4. The van der Waals surface area contributed by atoms with Crippen LogP contribution in [0.1, 0.15) is 30.0 Å². The highest BCUT2D eigenvalue weighted by Crippen LogP contribution is 2.26. The lowest BCUT2D eigenvalue weighted by molar-refractivity contribution is 0.121. The molecule has 1 aromatic carbocycles. The average Bonchev–Trinajstić information content (AvgIpc) is 2.56. The second-order valence-corrected chi connectivity index (χ2v) is 6.19. The smallest absolute Gasteiger partial charge is 0.133 e. The van der Waals surface area contributed by atoms with Crippen LogP contribution in [-0.4, -0.2) is 30.2 Å². The quantitative estimate of drug-likeness (QED) is 0.764. The van der Waals surface area contributed by atoms with Crippen molar-refractivity contribution in [3.05, 3.63) is 59.3 Å². The van der Waals surface area contributed by atoms with Crippen molar-refractivity contribution < 1.29 is 4.74 Å². The van der Waals surface area contributed by atoms with Gasteiger partial charge in [-0.05, 0) is 23.6 Å². The first-order valence-corrected chi connectivity index (χ1v) is 8.29. The summed E-state index contributed by atoms with van der Waals surface area (Å²) in [6.45, 7) is 6.38. The van der Waals surface area contributed by atoms with Crippen LogP contribution in [0.2, 0.25) is 0 Å². The Hall–Kier alpha value is -1.91. The minimum atomic E-state index is 0.649. The summed E-state index contributed by atoms with van der Waals surface area (Å²) in [5, 5.41) is 0. The minimum Gasteiger partial charge on any atom is -0.377 e. The van der Waals surface area contributed by atoms with Crippen molar-refractivity contribution in [2.45, 2.75) is 33.0 Å². The van der Waals surface area contributed by atoms with E-state index in [4.69, 9.17) is 4.74 Å². The van der Waals surface area contributed by atoms with E-state index in [1.807, 2.05) is 6.20 Å². The Morgan fingerprint density at radius 1 is 1.17 bits per heavy atom. The average molecular weight is 311 g/mol. The summed E-state index contributed by atoms with van der Waals surface area (Å²) in [7, 11) is 2.11. The molecule has 3 rings (SSSR count). The molecule has 0 saturated heterocycles. The summed E-state index contributed by atoms with van der Waals surface area (Å²) in [6.07, 6.45) is 2.99. The molecule has 1 aliphatic rings.